The van der Waals surface area contributed by atoms with Crippen LogP contribution in [0.25, 0.3) is 0 Å². The van der Waals surface area contributed by atoms with E-state index in [9.17, 15) is 4.79 Å². The van der Waals surface area contributed by atoms with Crippen LogP contribution in [-0.4, -0.2) is 17.0 Å². The quantitative estimate of drug-likeness (QED) is 0.670. The molecule has 0 spiro atoms. The molecule has 1 aromatic rings. The van der Waals surface area contributed by atoms with E-state index < -0.39 is 5.97 Å². The minimum Gasteiger partial charge on any atom is -0.478 e. The molecule has 0 aliphatic heterocycles. The number of hydrogen-bond acceptors (Lipinski definition) is 1. The van der Waals surface area contributed by atoms with E-state index in [1.165, 1.54) is 12.1 Å². The van der Waals surface area contributed by atoms with E-state index in [4.69, 9.17) is 16.7 Å². The van der Waals surface area contributed by atoms with E-state index in [1.54, 1.807) is 6.07 Å². The third-order valence-corrected chi connectivity index (χ3v) is 2.24. The van der Waals surface area contributed by atoms with Gasteiger partial charge in [-0.1, -0.05) is 27.8 Å². The van der Waals surface area contributed by atoms with Crippen molar-refractivity contribution in [1.29, 1.82) is 0 Å². The number of alkyl halides is 1. The van der Waals surface area contributed by atoms with Crippen LogP contribution in [-0.2, 0) is 0 Å². The molecule has 0 amide bonds. The van der Waals surface area contributed by atoms with Crippen molar-refractivity contribution in [3.05, 3.63) is 33.8 Å². The molecular formula is C11H8BrClO2. The van der Waals surface area contributed by atoms with Gasteiger partial charge in [-0.05, 0) is 18.2 Å². The fraction of sp³-hybridized carbons (Fsp3) is 0.182. The lowest BCUT2D eigenvalue weighted by atomic mass is 10.1. The minimum atomic E-state index is -0.961. The molecule has 78 valence electrons. The zero-order valence-electron chi connectivity index (χ0n) is 7.76. The summed E-state index contributed by atoms with van der Waals surface area (Å²) in [4.78, 5) is 10.7. The summed E-state index contributed by atoms with van der Waals surface area (Å²) >= 11 is 8.71. The maximum atomic E-state index is 10.7. The summed E-state index contributed by atoms with van der Waals surface area (Å²) < 4.78 is 0.706. The van der Waals surface area contributed by atoms with Crippen molar-refractivity contribution in [2.75, 3.05) is 5.88 Å². The summed E-state index contributed by atoms with van der Waals surface area (Å²) in [6.07, 6.45) is 0.594. The SMILES string of the molecule is O=C(O)c1cc(Br)cc(C#CCCCl)c1. The van der Waals surface area contributed by atoms with Gasteiger partial charge in [-0.3, -0.25) is 0 Å². The van der Waals surface area contributed by atoms with Gasteiger partial charge in [-0.2, -0.15) is 0 Å². The maximum Gasteiger partial charge on any atom is 0.335 e. The van der Waals surface area contributed by atoms with Gasteiger partial charge in [-0.15, -0.1) is 11.6 Å². The number of rotatable bonds is 2. The van der Waals surface area contributed by atoms with Crippen LogP contribution in [0.3, 0.4) is 0 Å². The predicted octanol–water partition coefficient (Wildman–Crippen LogP) is 3.13. The first-order chi connectivity index (χ1) is 7.13. The molecule has 0 saturated heterocycles. The van der Waals surface area contributed by atoms with Gasteiger partial charge in [0.25, 0.3) is 0 Å². The molecule has 2 nitrogen and oxygen atoms in total. The van der Waals surface area contributed by atoms with Gasteiger partial charge >= 0.3 is 5.97 Å². The number of hydrogen-bond donors (Lipinski definition) is 1. The van der Waals surface area contributed by atoms with Crippen LogP contribution in [0.15, 0.2) is 22.7 Å². The summed E-state index contributed by atoms with van der Waals surface area (Å²) in [5.74, 6) is 5.22. The molecule has 0 saturated carbocycles. The molecule has 0 heterocycles. The van der Waals surface area contributed by atoms with E-state index in [0.29, 0.717) is 22.3 Å². The maximum absolute atomic E-state index is 10.7. The molecule has 0 atom stereocenters. The van der Waals surface area contributed by atoms with Crippen LogP contribution in [0, 0.1) is 11.8 Å². The molecular weight excluding hydrogens is 279 g/mol. The summed E-state index contributed by atoms with van der Waals surface area (Å²) in [7, 11) is 0. The second-order valence-corrected chi connectivity index (χ2v) is 4.07. The number of benzene rings is 1. The van der Waals surface area contributed by atoms with Crippen molar-refractivity contribution in [2.45, 2.75) is 6.42 Å². The molecule has 0 aliphatic rings. The summed E-state index contributed by atoms with van der Waals surface area (Å²) in [6.45, 7) is 0. The molecule has 1 N–H and O–H groups in total. The highest BCUT2D eigenvalue weighted by Gasteiger charge is 2.04. The first kappa shape index (κ1) is 12.1. The molecule has 4 heteroatoms. The lowest BCUT2D eigenvalue weighted by molar-refractivity contribution is 0.0697. The van der Waals surface area contributed by atoms with E-state index >= 15 is 0 Å². The van der Waals surface area contributed by atoms with Gasteiger partial charge < -0.3 is 5.11 Å². The second kappa shape index (κ2) is 5.79. The molecule has 1 aromatic carbocycles. The highest BCUT2D eigenvalue weighted by atomic mass is 79.9. The second-order valence-electron chi connectivity index (χ2n) is 2.77. The van der Waals surface area contributed by atoms with Crippen LogP contribution < -0.4 is 0 Å². The van der Waals surface area contributed by atoms with Crippen LogP contribution >= 0.6 is 27.5 Å². The van der Waals surface area contributed by atoms with Gasteiger partial charge in [-0.25, -0.2) is 4.79 Å². The largest absolute Gasteiger partial charge is 0.478 e. The van der Waals surface area contributed by atoms with Crippen molar-refractivity contribution in [2.24, 2.45) is 0 Å². The normalized spacial score (nSPS) is 9.20. The number of halogens is 2. The molecule has 0 fully saturated rings. The Kier molecular flexibility index (Phi) is 4.67. The van der Waals surface area contributed by atoms with Crippen LogP contribution in [0.5, 0.6) is 0 Å². The zero-order chi connectivity index (χ0) is 11.3. The fourth-order valence-corrected chi connectivity index (χ4v) is 1.58. The summed E-state index contributed by atoms with van der Waals surface area (Å²) in [5, 5.41) is 8.82. The minimum absolute atomic E-state index is 0.222. The summed E-state index contributed by atoms with van der Waals surface area (Å²) in [6, 6.07) is 4.84. The van der Waals surface area contributed by atoms with Gasteiger partial charge in [0, 0.05) is 22.3 Å². The van der Waals surface area contributed by atoms with E-state index in [0.717, 1.165) is 0 Å². The Morgan fingerprint density at radius 1 is 1.47 bits per heavy atom. The standard InChI is InChI=1S/C11H8BrClO2/c12-10-6-8(3-1-2-4-13)5-9(7-10)11(14)15/h5-7H,2,4H2,(H,14,15). The van der Waals surface area contributed by atoms with Crippen LogP contribution in [0.2, 0.25) is 0 Å². The van der Waals surface area contributed by atoms with Gasteiger partial charge in [0.05, 0.1) is 5.56 Å². The molecule has 1 rings (SSSR count). The average Bonchev–Trinajstić information content (AvgIpc) is 2.17. The molecule has 0 aromatic heterocycles. The number of carbonyl (C=O) groups is 1. The highest BCUT2D eigenvalue weighted by molar-refractivity contribution is 9.10. The van der Waals surface area contributed by atoms with Crippen molar-refractivity contribution >= 4 is 33.5 Å². The lowest BCUT2D eigenvalue weighted by Crippen LogP contribution is -1.96. The fourth-order valence-electron chi connectivity index (χ4n) is 0.997. The molecule has 0 aliphatic carbocycles. The Balaban J connectivity index is 3.00. The summed E-state index contributed by atoms with van der Waals surface area (Å²) in [5.41, 5.74) is 0.895. The first-order valence-electron chi connectivity index (χ1n) is 4.22. The van der Waals surface area contributed by atoms with Gasteiger partial charge in [0.1, 0.15) is 0 Å². The van der Waals surface area contributed by atoms with Gasteiger partial charge in [0.15, 0.2) is 0 Å². The third kappa shape index (κ3) is 3.94. The molecule has 0 unspecified atom stereocenters. The molecule has 0 bridgehead atoms. The Morgan fingerprint density at radius 3 is 2.80 bits per heavy atom. The predicted molar refractivity (Wildman–Crippen MR) is 63.3 cm³/mol. The van der Waals surface area contributed by atoms with Crippen molar-refractivity contribution < 1.29 is 9.90 Å². The first-order valence-corrected chi connectivity index (χ1v) is 5.55. The van der Waals surface area contributed by atoms with Crippen LogP contribution in [0.1, 0.15) is 22.3 Å². The average molecular weight is 288 g/mol. The van der Waals surface area contributed by atoms with E-state index in [-0.39, 0.29) is 5.56 Å². The smallest absolute Gasteiger partial charge is 0.335 e. The third-order valence-electron chi connectivity index (χ3n) is 1.60. The Morgan fingerprint density at radius 2 is 2.20 bits per heavy atom. The molecule has 15 heavy (non-hydrogen) atoms. The number of carboxylic acid groups (broad SMARTS) is 1. The van der Waals surface area contributed by atoms with Crippen molar-refractivity contribution in [3.8, 4) is 11.8 Å². The topological polar surface area (TPSA) is 37.3 Å². The molecule has 0 radical (unpaired) electrons. The Bertz CT molecular complexity index is 432. The lowest BCUT2D eigenvalue weighted by Gasteiger charge is -1.97. The van der Waals surface area contributed by atoms with E-state index in [2.05, 4.69) is 27.8 Å². The number of aromatic carboxylic acids is 1. The Labute approximate surface area is 101 Å². The monoisotopic (exact) mass is 286 g/mol. The highest BCUT2D eigenvalue weighted by Crippen LogP contribution is 2.15. The van der Waals surface area contributed by atoms with Gasteiger partial charge in [0.2, 0.25) is 0 Å². The van der Waals surface area contributed by atoms with Crippen molar-refractivity contribution in [1.82, 2.24) is 0 Å². The van der Waals surface area contributed by atoms with E-state index in [1.807, 2.05) is 0 Å². The Hall–Kier alpha value is -0.980. The van der Waals surface area contributed by atoms with Crippen LogP contribution in [0.4, 0.5) is 0 Å². The van der Waals surface area contributed by atoms with Crippen molar-refractivity contribution in [3.63, 3.8) is 0 Å². The zero-order valence-corrected chi connectivity index (χ0v) is 10.1. The number of carboxylic acids is 1.